The summed E-state index contributed by atoms with van der Waals surface area (Å²) < 4.78 is 0. The summed E-state index contributed by atoms with van der Waals surface area (Å²) in [6, 6.07) is 64.7. The van der Waals surface area contributed by atoms with Gasteiger partial charge in [0.1, 0.15) is 9.52 Å². The molecule has 0 atom stereocenters. The van der Waals surface area contributed by atoms with Gasteiger partial charge in [0.25, 0.3) is 0 Å². The van der Waals surface area contributed by atoms with Crippen LogP contribution in [0, 0.1) is 13.8 Å². The average Bonchev–Trinajstić information content (AvgIpc) is 3.90. The van der Waals surface area contributed by atoms with Crippen molar-refractivity contribution in [2.45, 2.75) is 66.2 Å². The minimum Gasteiger partial charge on any atom is -0.343 e. The molecule has 2 radical (unpaired) electrons. The number of unbranched alkanes of at least 4 members (excludes halogenated alkanes) is 2. The zero-order valence-electron chi connectivity index (χ0n) is 34.0. The fraction of sp³-hybridized carbons (Fsp3) is 0.185. The van der Waals surface area contributed by atoms with Crippen molar-refractivity contribution in [3.05, 3.63) is 207 Å². The van der Waals surface area contributed by atoms with Crippen LogP contribution < -0.4 is 10.4 Å². The van der Waals surface area contributed by atoms with Gasteiger partial charge in [-0.2, -0.15) is 25.0 Å². The van der Waals surface area contributed by atoms with Crippen LogP contribution in [-0.4, -0.2) is 9.52 Å². The molecule has 0 aliphatic carbocycles. The Hall–Kier alpha value is -4.36. The predicted molar refractivity (Wildman–Crippen MR) is 247 cm³/mol. The number of hydrogen-bond acceptors (Lipinski definition) is 0. The SMILES string of the molecule is CCc1cc2c(-c3ccccc3)cccc2[cH-]1.CCc1cc2c(-c3ccccc3)cccc2[cH-]1.[CH2-]CCC.[CH2-]CCC.[Zr+4].c1ccc([Si]c2ccccc2)cc1. The van der Waals surface area contributed by atoms with Crippen molar-refractivity contribution in [3.8, 4) is 22.3 Å². The number of fused-ring (bicyclic) bond motifs is 2. The Morgan fingerprint density at radius 2 is 0.750 bits per heavy atom. The van der Waals surface area contributed by atoms with Crippen molar-refractivity contribution in [1.29, 1.82) is 0 Å². The normalized spacial score (nSPS) is 9.96. The van der Waals surface area contributed by atoms with E-state index < -0.39 is 0 Å². The summed E-state index contributed by atoms with van der Waals surface area (Å²) >= 11 is 0. The average molecular weight is 826 g/mol. The Balaban J connectivity index is 0.000000205. The Labute approximate surface area is 360 Å². The van der Waals surface area contributed by atoms with Crippen LogP contribution in [0.5, 0.6) is 0 Å². The van der Waals surface area contributed by atoms with Crippen LogP contribution in [-0.2, 0) is 39.0 Å². The van der Waals surface area contributed by atoms with Crippen molar-refractivity contribution in [2.75, 3.05) is 0 Å². The third kappa shape index (κ3) is 14.6. The first-order valence-electron chi connectivity index (χ1n) is 20.0. The second-order valence-corrected chi connectivity index (χ2v) is 14.8. The fourth-order valence-electron chi connectivity index (χ4n) is 5.95. The second-order valence-electron chi connectivity index (χ2n) is 13.3. The van der Waals surface area contributed by atoms with Gasteiger partial charge in [-0.25, -0.2) is 0 Å². The van der Waals surface area contributed by atoms with Crippen molar-refractivity contribution < 1.29 is 26.2 Å². The maximum Gasteiger partial charge on any atom is 4.00 e. The van der Waals surface area contributed by atoms with Crippen molar-refractivity contribution in [3.63, 3.8) is 0 Å². The summed E-state index contributed by atoms with van der Waals surface area (Å²) in [6.45, 7) is 15.9. The van der Waals surface area contributed by atoms with Crippen molar-refractivity contribution >= 4 is 41.4 Å². The van der Waals surface area contributed by atoms with Gasteiger partial charge in [0.15, 0.2) is 0 Å². The Morgan fingerprint density at radius 3 is 1.05 bits per heavy atom. The van der Waals surface area contributed by atoms with Gasteiger partial charge in [-0.15, -0.1) is 69.1 Å². The first-order valence-corrected chi connectivity index (χ1v) is 21.0. The Kier molecular flexibility index (Phi) is 21.8. The molecule has 0 aliphatic heterocycles. The molecule has 0 saturated carbocycles. The van der Waals surface area contributed by atoms with E-state index in [1.165, 1.54) is 78.1 Å². The summed E-state index contributed by atoms with van der Waals surface area (Å²) in [4.78, 5) is 0. The van der Waals surface area contributed by atoms with E-state index in [1.807, 2.05) is 0 Å². The van der Waals surface area contributed by atoms with Crippen LogP contribution in [0.15, 0.2) is 182 Å². The molecule has 56 heavy (non-hydrogen) atoms. The number of hydrogen-bond donors (Lipinski definition) is 0. The van der Waals surface area contributed by atoms with Crippen molar-refractivity contribution in [1.82, 2.24) is 0 Å². The molecule has 0 spiro atoms. The summed E-state index contributed by atoms with van der Waals surface area (Å²) in [7, 11) is 0.777. The predicted octanol–water partition coefficient (Wildman–Crippen LogP) is 14.2. The quantitative estimate of drug-likeness (QED) is 0.106. The molecular weight excluding hydrogens is 768 g/mol. The van der Waals surface area contributed by atoms with Crippen LogP contribution in [0.3, 0.4) is 0 Å². The standard InChI is InChI=1S/2C17H15.C12H10Si.2C4H9.Zr/c2*1-2-13-11-15-9-6-10-16(17(15)12-13)14-7-4-3-5-8-14;1-3-7-11(8-4-1)13-12-9-5-2-6-10-12;2*1-3-4-2;/h2*3-12H,2H2,1H3;1-10H;2*1,3-4H2,2H3;/q2*-1;;2*-1;+4. The van der Waals surface area contributed by atoms with Crippen LogP contribution in [0.25, 0.3) is 43.8 Å². The van der Waals surface area contributed by atoms with E-state index in [2.05, 4.69) is 224 Å². The molecule has 282 valence electrons. The van der Waals surface area contributed by atoms with Crippen LogP contribution >= 0.6 is 0 Å². The maximum absolute atomic E-state index is 3.60. The molecule has 0 heterocycles. The molecule has 2 heteroatoms. The van der Waals surface area contributed by atoms with E-state index >= 15 is 0 Å². The molecule has 0 aromatic heterocycles. The van der Waals surface area contributed by atoms with Gasteiger partial charge in [0, 0.05) is 0 Å². The van der Waals surface area contributed by atoms with E-state index in [9.17, 15) is 0 Å². The summed E-state index contributed by atoms with van der Waals surface area (Å²) in [6.07, 6.45) is 6.76. The van der Waals surface area contributed by atoms with Gasteiger partial charge < -0.3 is 13.8 Å². The van der Waals surface area contributed by atoms with E-state index in [0.717, 1.165) is 35.2 Å². The van der Waals surface area contributed by atoms with Gasteiger partial charge >= 0.3 is 26.2 Å². The second kappa shape index (κ2) is 26.5. The third-order valence-electron chi connectivity index (χ3n) is 9.15. The monoisotopic (exact) mass is 824 g/mol. The van der Waals surface area contributed by atoms with E-state index in [-0.39, 0.29) is 26.2 Å². The van der Waals surface area contributed by atoms with E-state index in [1.54, 1.807) is 0 Å². The molecule has 0 saturated heterocycles. The molecule has 0 nitrogen and oxygen atoms in total. The fourth-order valence-corrected chi connectivity index (χ4v) is 7.00. The molecule has 0 bridgehead atoms. The molecule has 8 aromatic carbocycles. The first-order chi connectivity index (χ1) is 27.0. The molecule has 8 rings (SSSR count). The van der Waals surface area contributed by atoms with Gasteiger partial charge in [-0.05, 0) is 24.0 Å². The van der Waals surface area contributed by atoms with Crippen LogP contribution in [0.1, 0.15) is 64.5 Å². The molecule has 0 aliphatic rings. The zero-order valence-corrected chi connectivity index (χ0v) is 37.4. The Morgan fingerprint density at radius 1 is 0.429 bits per heavy atom. The minimum atomic E-state index is 0. The smallest absolute Gasteiger partial charge is 0.343 e. The topological polar surface area (TPSA) is 0 Å². The van der Waals surface area contributed by atoms with Gasteiger partial charge in [-0.3, -0.25) is 0 Å². The van der Waals surface area contributed by atoms with Crippen molar-refractivity contribution in [2.24, 2.45) is 0 Å². The van der Waals surface area contributed by atoms with E-state index in [0.29, 0.717) is 0 Å². The number of benzene rings is 6. The summed E-state index contributed by atoms with van der Waals surface area (Å²) in [5, 5.41) is 8.24. The molecule has 0 unspecified atom stereocenters. The number of aryl methyl sites for hydroxylation is 2. The molecule has 0 fully saturated rings. The number of rotatable bonds is 8. The minimum absolute atomic E-state index is 0. The van der Waals surface area contributed by atoms with Gasteiger partial charge in [0.05, 0.1) is 0 Å². The summed E-state index contributed by atoms with van der Waals surface area (Å²) in [5.74, 6) is 0. The third-order valence-corrected chi connectivity index (χ3v) is 10.4. The Bertz CT molecular complexity index is 2020. The molecule has 8 aromatic rings. The van der Waals surface area contributed by atoms with Gasteiger partial charge in [0.2, 0.25) is 0 Å². The van der Waals surface area contributed by atoms with Crippen LogP contribution in [0.4, 0.5) is 0 Å². The largest absolute Gasteiger partial charge is 4.00 e. The first kappa shape index (κ1) is 46.0. The van der Waals surface area contributed by atoms with E-state index in [4.69, 9.17) is 0 Å². The molecule has 0 N–H and O–H groups in total. The molecule has 0 amide bonds. The zero-order chi connectivity index (χ0) is 39.1. The maximum atomic E-state index is 3.60. The molecular formula is C54H58SiZr. The van der Waals surface area contributed by atoms with Gasteiger partial charge in [-0.1, -0.05) is 195 Å². The van der Waals surface area contributed by atoms with Crippen LogP contribution in [0.2, 0.25) is 0 Å². The summed E-state index contributed by atoms with van der Waals surface area (Å²) in [5.41, 5.74) is 8.11.